The van der Waals surface area contributed by atoms with Crippen LogP contribution in [0.15, 0.2) is 268 Å². The van der Waals surface area contributed by atoms with Crippen LogP contribution in [-0.2, 0) is 123 Å². The van der Waals surface area contributed by atoms with E-state index in [0.717, 1.165) is 61.7 Å². The van der Waals surface area contributed by atoms with Gasteiger partial charge in [-0.05, 0) is 127 Å². The van der Waals surface area contributed by atoms with E-state index in [1.54, 1.807) is 126 Å². The molecule has 13 N–H and O–H groups in total. The fourth-order valence-electron chi connectivity index (χ4n) is 11.2. The number of sulfonamides is 4. The van der Waals surface area contributed by atoms with Crippen molar-refractivity contribution < 1.29 is 80.9 Å². The Morgan fingerprint density at radius 2 is 0.650 bits per heavy atom. The number of benzene rings is 9. The molecule has 0 fully saturated rings. The molecule has 49 heteroatoms. The Labute approximate surface area is 820 Å². The molecule has 137 heavy (non-hydrogen) atoms. The largest absolute Gasteiger partial charge is 0.488 e. The predicted molar refractivity (Wildman–Crippen MR) is 537 cm³/mol. The lowest BCUT2D eigenvalue weighted by molar-refractivity contribution is -0.385. The molecule has 9 aromatic carbocycles. The lowest BCUT2D eigenvalue weighted by Gasteiger charge is -2.11. The average molecular weight is 2080 g/mol. The van der Waals surface area contributed by atoms with E-state index in [0.29, 0.717) is 97.5 Å². The molecule has 4 aromatic heterocycles. The van der Waals surface area contributed by atoms with Crippen LogP contribution in [0.5, 0.6) is 0 Å². The van der Waals surface area contributed by atoms with Crippen LogP contribution >= 0.6 is 57.1 Å². The molecule has 732 valence electrons. The van der Waals surface area contributed by atoms with Crippen molar-refractivity contribution in [3.63, 3.8) is 0 Å². The molecule has 13 aromatic rings. The van der Waals surface area contributed by atoms with Crippen molar-refractivity contribution in [1.82, 2.24) is 58.8 Å². The minimum absolute atomic E-state index is 0.0332. The Balaban J connectivity index is 0.000000327. The number of nitrogens with one attached hydrogen (secondary N) is 5. The van der Waals surface area contributed by atoms with Gasteiger partial charge in [0.25, 0.3) is 11.4 Å². The summed E-state index contributed by atoms with van der Waals surface area (Å²) in [5.41, 5.74) is 29.8. The monoisotopic (exact) mass is 2080 g/mol. The smallest absolute Gasteiger partial charge is 0.423 e. The number of nitro groups is 2. The Morgan fingerprint density at radius 3 is 0.971 bits per heavy atom. The van der Waals surface area contributed by atoms with Gasteiger partial charge in [-0.25, -0.2) is 101 Å². The number of nitrogens with two attached hydrogens (primary N) is 3. The van der Waals surface area contributed by atoms with Crippen molar-refractivity contribution in [3.8, 4) is 33.8 Å². The number of non-ortho nitro benzene ring substituents is 2. The highest BCUT2D eigenvalue weighted by atomic mass is 35.7. The zero-order chi connectivity index (χ0) is 102. The number of halogens is 5. The SMILES string of the molecule is CN.CNS(=O)(=O)Cc1cccc(N)c1.CNS(=O)(=O)Cc1cccc(N)c1.CNS(=O)(=O)Cc1cccc(Nc2cc(-c3ccccc3COC)ncn2)c1.CNS(=O)(=O)Cc1cccc([N+](=O)[O-])c1.COCc1ccccc1-c1cc(Cl)ncn1.COCc1ccccc1-c1cc(Cl)ncn1.COCc1ccccc1B(O)O.Clc1cc(Cl)ncn1.O=[N+]([O-])c1cccc(CS(=O)(=O)Cl)c1. The standard InChI is InChI=1S/C20H22N4O3S.2C12H11ClN2O.C8H11BO3.C8H10N2O4S.2C8H12N2O2S.C7H6ClNO4S.C4H2Cl2N2.CH5N/c1-21-28(25,26)13-15-6-5-8-17(10-15)24-20-11-19(22-14-23-20)18-9-4-3-7-16(18)12-27-2;2*1-16-7-9-4-2-3-5-10(9)11-6-12(13)15-8-14-11;1-12-6-7-4-2-3-5-8(7)9(10)11;1-9-15(13,14)6-7-3-2-4-8(5-7)10(11)12;2*1-10-13(11,12)6-7-3-2-4-8(9)5-7;8-14(12,13)5-6-2-1-3-7(4-6)9(10)11;5-3-1-4(6)8-2-7-3;1-2/h3-11,14,21H,12-13H2,1-2H3,(H,22,23,24);2*2-6,8H,7H2,1H3;2-5,10-11H,6H2,1H3;2-5,9H,6H2,1H3;2*2-5,10H,6,9H2,1H3;1-4H,5H2;1-2H;2H2,1H3. The number of hydrogen-bond donors (Lipinski definition) is 10. The van der Waals surface area contributed by atoms with E-state index in [1.807, 2.05) is 91.0 Å². The molecule has 0 aliphatic heterocycles. The second-order valence-corrected chi connectivity index (χ2v) is 39.4. The number of nitrogens with zero attached hydrogens (tertiary/aromatic N) is 10. The second kappa shape index (κ2) is 61.5. The van der Waals surface area contributed by atoms with Crippen molar-refractivity contribution in [3.05, 3.63) is 359 Å². The number of methoxy groups -OCH3 is 4. The van der Waals surface area contributed by atoms with Crippen LogP contribution in [0.4, 0.5) is 34.3 Å². The molecular formula is C88H102BCl5N18O20S5. The maximum absolute atomic E-state index is 11.8. The first-order chi connectivity index (χ1) is 65.1. The number of aromatic nitrogens is 8. The summed E-state index contributed by atoms with van der Waals surface area (Å²) in [4.78, 5) is 51.6. The molecule has 0 radical (unpaired) electrons. The maximum atomic E-state index is 11.8. The molecule has 0 bridgehead atoms. The zero-order valence-electron chi connectivity index (χ0n) is 75.2. The van der Waals surface area contributed by atoms with Crippen LogP contribution in [0.1, 0.15) is 50.1 Å². The topological polar surface area (TPSA) is 576 Å². The number of rotatable bonds is 30. The highest BCUT2D eigenvalue weighted by Gasteiger charge is 2.19. The van der Waals surface area contributed by atoms with Gasteiger partial charge in [-0.2, -0.15) is 0 Å². The van der Waals surface area contributed by atoms with Gasteiger partial charge >= 0.3 is 7.12 Å². The summed E-state index contributed by atoms with van der Waals surface area (Å²) in [6, 6.07) is 69.4. The number of anilines is 4. The summed E-state index contributed by atoms with van der Waals surface area (Å²) in [5.74, 6) is -0.200. The van der Waals surface area contributed by atoms with Gasteiger partial charge in [-0.1, -0.05) is 204 Å². The first kappa shape index (κ1) is 118. The summed E-state index contributed by atoms with van der Waals surface area (Å²) >= 11 is 22.5. The fourth-order valence-corrected chi connectivity index (χ4v) is 15.9. The third-order valence-corrected chi connectivity index (χ3v) is 24.5. The minimum atomic E-state index is -3.67. The normalized spacial score (nSPS) is 10.8. The maximum Gasteiger partial charge on any atom is 0.488 e. The van der Waals surface area contributed by atoms with Crippen molar-refractivity contribution in [2.24, 2.45) is 5.73 Å². The minimum Gasteiger partial charge on any atom is -0.423 e. The molecule has 38 nitrogen and oxygen atoms in total. The Hall–Kier alpha value is -11.7. The van der Waals surface area contributed by atoms with Crippen LogP contribution in [0.3, 0.4) is 0 Å². The van der Waals surface area contributed by atoms with Gasteiger partial charge in [0.1, 0.15) is 51.7 Å². The first-order valence-electron chi connectivity index (χ1n) is 39.8. The molecular weight excluding hydrogens is 1980 g/mol. The summed E-state index contributed by atoms with van der Waals surface area (Å²) in [6.45, 7) is 1.99. The van der Waals surface area contributed by atoms with Crippen LogP contribution in [0.2, 0.25) is 20.6 Å². The Morgan fingerprint density at radius 1 is 0.358 bits per heavy atom. The van der Waals surface area contributed by atoms with Gasteiger partial charge in [-0.15, -0.1) is 0 Å². The van der Waals surface area contributed by atoms with Crippen LogP contribution < -0.4 is 46.9 Å². The van der Waals surface area contributed by atoms with E-state index in [-0.39, 0.29) is 34.4 Å². The summed E-state index contributed by atoms with van der Waals surface area (Å²) in [5, 5.41) is 43.5. The number of nitrogen functional groups attached to an aromatic ring is 2. The van der Waals surface area contributed by atoms with Gasteiger partial charge in [-0.3, -0.25) is 20.2 Å². The summed E-state index contributed by atoms with van der Waals surface area (Å²) in [6.07, 6.45) is 5.73. The van der Waals surface area contributed by atoms with Crippen LogP contribution in [-0.4, -0.2) is 173 Å². The van der Waals surface area contributed by atoms with Crippen molar-refractivity contribution in [2.45, 2.75) is 55.2 Å². The molecule has 0 aliphatic carbocycles. The molecule has 0 saturated heterocycles. The Kier molecular flexibility index (Phi) is 52.8. The Bertz CT molecular complexity index is 6410. The van der Waals surface area contributed by atoms with Gasteiger partial charge in [0, 0.05) is 121 Å². The zero-order valence-corrected chi connectivity index (χ0v) is 83.1. The molecule has 0 aliphatic rings. The van der Waals surface area contributed by atoms with E-state index < -0.39 is 71.9 Å². The van der Waals surface area contributed by atoms with E-state index in [1.165, 1.54) is 115 Å². The second-order valence-electron chi connectivity index (χ2n) is 27.4. The molecule has 0 atom stereocenters. The number of hydrogen-bond acceptors (Lipinski definition) is 32. The third-order valence-electron chi connectivity index (χ3n) is 17.3. The quantitative estimate of drug-likeness (QED) is 0.00499. The van der Waals surface area contributed by atoms with Gasteiger partial charge in [0.2, 0.25) is 49.1 Å². The van der Waals surface area contributed by atoms with E-state index in [4.69, 9.17) is 97.5 Å². The highest BCUT2D eigenvalue weighted by Crippen LogP contribution is 2.29. The molecule has 0 saturated carbocycles. The number of ether oxygens (including phenoxy) is 4. The lowest BCUT2D eigenvalue weighted by atomic mass is 9.77. The fraction of sp³-hybridized carbons (Fsp3) is 0.205. The van der Waals surface area contributed by atoms with Crippen LogP contribution in [0, 0.1) is 20.2 Å². The van der Waals surface area contributed by atoms with Crippen molar-refractivity contribution >= 4 is 153 Å². The first-order valence-corrected chi connectivity index (χ1v) is 50.4. The van der Waals surface area contributed by atoms with Gasteiger partial charge in [0.15, 0.2) is 0 Å². The summed E-state index contributed by atoms with van der Waals surface area (Å²) < 4.78 is 141. The van der Waals surface area contributed by atoms with Crippen molar-refractivity contribution in [1.29, 1.82) is 0 Å². The molecule has 0 unspecified atom stereocenters. The summed E-state index contributed by atoms with van der Waals surface area (Å²) in [7, 11) is 0.356. The molecule has 13 rings (SSSR count). The molecule has 4 heterocycles. The molecule has 0 spiro atoms. The lowest BCUT2D eigenvalue weighted by Crippen LogP contribution is -2.33. The van der Waals surface area contributed by atoms with Crippen LogP contribution in [0.25, 0.3) is 33.8 Å². The van der Waals surface area contributed by atoms with Gasteiger partial charge < -0.3 is 51.5 Å². The van der Waals surface area contributed by atoms with E-state index >= 15 is 0 Å². The average Bonchev–Trinajstić information content (AvgIpc) is 0.829. The highest BCUT2D eigenvalue weighted by molar-refractivity contribution is 8.13. The van der Waals surface area contributed by atoms with E-state index in [2.05, 4.69) is 69.8 Å². The predicted octanol–water partition coefficient (Wildman–Crippen LogP) is 12.8. The van der Waals surface area contributed by atoms with Crippen molar-refractivity contribution in [2.75, 3.05) is 80.5 Å². The number of nitro benzene ring substituents is 2. The molecule has 0 amide bonds. The van der Waals surface area contributed by atoms with Gasteiger partial charge in [0.05, 0.1) is 82.1 Å². The third kappa shape index (κ3) is 46.8. The van der Waals surface area contributed by atoms with E-state index in [9.17, 15) is 62.3 Å².